The molecule has 2 aromatic carbocycles. The van der Waals surface area contributed by atoms with Gasteiger partial charge in [-0.1, -0.05) is 30.3 Å². The molecule has 1 aromatic heterocycles. The second kappa shape index (κ2) is 6.62. The fourth-order valence-corrected chi connectivity index (χ4v) is 2.60. The third-order valence-corrected chi connectivity index (χ3v) is 3.95. The van der Waals surface area contributed by atoms with Crippen LogP contribution >= 0.6 is 0 Å². The first-order chi connectivity index (χ1) is 11.5. The SMILES string of the molecule is CC(Nc1ccc2[nH]c(=O)[nH]c2c1)C(=O)NC(C)c1ccccc1. The summed E-state index contributed by atoms with van der Waals surface area (Å²) in [7, 11) is 0. The van der Waals surface area contributed by atoms with Gasteiger partial charge in [-0.15, -0.1) is 0 Å². The Labute approximate surface area is 139 Å². The highest BCUT2D eigenvalue weighted by Gasteiger charge is 2.16. The van der Waals surface area contributed by atoms with Gasteiger partial charge < -0.3 is 20.6 Å². The van der Waals surface area contributed by atoms with Crippen molar-refractivity contribution in [3.8, 4) is 0 Å². The number of hydrogen-bond donors (Lipinski definition) is 4. The number of H-pyrrole nitrogens is 2. The molecule has 0 spiro atoms. The summed E-state index contributed by atoms with van der Waals surface area (Å²) in [5.41, 5.74) is 3.03. The Bertz CT molecular complexity index is 898. The van der Waals surface area contributed by atoms with Gasteiger partial charge in [0.25, 0.3) is 0 Å². The topological polar surface area (TPSA) is 89.8 Å². The molecule has 0 saturated carbocycles. The van der Waals surface area contributed by atoms with Crippen molar-refractivity contribution in [1.82, 2.24) is 15.3 Å². The number of aromatic nitrogens is 2. The van der Waals surface area contributed by atoms with Crippen molar-refractivity contribution in [3.05, 3.63) is 64.6 Å². The first-order valence-electron chi connectivity index (χ1n) is 7.87. The maximum absolute atomic E-state index is 12.4. The molecule has 0 bridgehead atoms. The maximum Gasteiger partial charge on any atom is 0.323 e. The van der Waals surface area contributed by atoms with E-state index >= 15 is 0 Å². The zero-order chi connectivity index (χ0) is 17.1. The molecular weight excluding hydrogens is 304 g/mol. The van der Waals surface area contributed by atoms with E-state index in [2.05, 4.69) is 20.6 Å². The Morgan fingerprint density at radius 3 is 2.46 bits per heavy atom. The van der Waals surface area contributed by atoms with E-state index in [0.29, 0.717) is 5.52 Å². The second-order valence-electron chi connectivity index (χ2n) is 5.85. The van der Waals surface area contributed by atoms with Crippen LogP contribution in [0.3, 0.4) is 0 Å². The highest BCUT2D eigenvalue weighted by atomic mass is 16.2. The van der Waals surface area contributed by atoms with Crippen molar-refractivity contribution in [2.75, 3.05) is 5.32 Å². The van der Waals surface area contributed by atoms with Gasteiger partial charge in [0.1, 0.15) is 6.04 Å². The number of rotatable bonds is 5. The predicted octanol–water partition coefficient (Wildman–Crippen LogP) is 2.53. The molecule has 1 amide bonds. The summed E-state index contributed by atoms with van der Waals surface area (Å²) in [6, 6.07) is 14.8. The van der Waals surface area contributed by atoms with Crippen LogP contribution in [0.15, 0.2) is 53.3 Å². The Hall–Kier alpha value is -3.02. The molecule has 0 saturated heterocycles. The number of hydrogen-bond acceptors (Lipinski definition) is 3. The van der Waals surface area contributed by atoms with E-state index in [1.165, 1.54) is 0 Å². The summed E-state index contributed by atoms with van der Waals surface area (Å²) in [4.78, 5) is 29.0. The molecule has 4 N–H and O–H groups in total. The van der Waals surface area contributed by atoms with E-state index < -0.39 is 6.04 Å². The largest absolute Gasteiger partial charge is 0.374 e. The summed E-state index contributed by atoms with van der Waals surface area (Å²) < 4.78 is 0. The van der Waals surface area contributed by atoms with Gasteiger partial charge in [0.05, 0.1) is 17.1 Å². The molecule has 124 valence electrons. The standard InChI is InChI=1S/C18H20N4O2/c1-11(13-6-4-3-5-7-13)20-17(23)12(2)19-14-8-9-15-16(10-14)22-18(24)21-15/h3-12,19H,1-2H3,(H,20,23)(H2,21,22,24). The lowest BCUT2D eigenvalue weighted by Crippen LogP contribution is -2.38. The lowest BCUT2D eigenvalue weighted by atomic mass is 10.1. The van der Waals surface area contributed by atoms with E-state index in [1.807, 2.05) is 43.3 Å². The minimum Gasteiger partial charge on any atom is -0.374 e. The monoisotopic (exact) mass is 324 g/mol. The van der Waals surface area contributed by atoms with Gasteiger partial charge in [-0.2, -0.15) is 0 Å². The van der Waals surface area contributed by atoms with Gasteiger partial charge in [-0.25, -0.2) is 4.79 Å². The van der Waals surface area contributed by atoms with Crippen LogP contribution in [0.5, 0.6) is 0 Å². The van der Waals surface area contributed by atoms with E-state index in [4.69, 9.17) is 0 Å². The van der Waals surface area contributed by atoms with E-state index in [-0.39, 0.29) is 17.6 Å². The molecule has 0 aliphatic rings. The molecule has 0 aliphatic heterocycles. The Balaban J connectivity index is 1.65. The molecule has 6 heteroatoms. The molecule has 0 radical (unpaired) electrons. The Kier molecular flexibility index (Phi) is 4.37. The van der Waals surface area contributed by atoms with E-state index in [0.717, 1.165) is 16.8 Å². The van der Waals surface area contributed by atoms with Gasteiger partial charge >= 0.3 is 5.69 Å². The van der Waals surface area contributed by atoms with Gasteiger partial charge in [0.15, 0.2) is 0 Å². The number of anilines is 1. The van der Waals surface area contributed by atoms with Gasteiger partial charge in [-0.3, -0.25) is 4.79 Å². The zero-order valence-electron chi connectivity index (χ0n) is 13.6. The summed E-state index contributed by atoms with van der Waals surface area (Å²) in [6.07, 6.45) is 0. The van der Waals surface area contributed by atoms with Gasteiger partial charge in [-0.05, 0) is 37.6 Å². The number of amides is 1. The third kappa shape index (κ3) is 3.48. The zero-order valence-corrected chi connectivity index (χ0v) is 13.6. The van der Waals surface area contributed by atoms with Crippen molar-refractivity contribution in [2.24, 2.45) is 0 Å². The average molecular weight is 324 g/mol. The van der Waals surface area contributed by atoms with Crippen LogP contribution in [0.2, 0.25) is 0 Å². The molecule has 6 nitrogen and oxygen atoms in total. The summed E-state index contributed by atoms with van der Waals surface area (Å²) >= 11 is 0. The lowest BCUT2D eigenvalue weighted by Gasteiger charge is -2.19. The van der Waals surface area contributed by atoms with Crippen molar-refractivity contribution in [3.63, 3.8) is 0 Å². The van der Waals surface area contributed by atoms with Crippen LogP contribution in [0.1, 0.15) is 25.5 Å². The molecule has 0 aliphatic carbocycles. The number of carbonyl (C=O) groups excluding carboxylic acids is 1. The molecule has 3 rings (SSSR count). The predicted molar refractivity (Wildman–Crippen MR) is 95.0 cm³/mol. The van der Waals surface area contributed by atoms with Crippen LogP contribution in [-0.2, 0) is 4.79 Å². The molecule has 2 atom stereocenters. The molecule has 1 heterocycles. The molecular formula is C18H20N4O2. The van der Waals surface area contributed by atoms with Crippen molar-refractivity contribution < 1.29 is 4.79 Å². The smallest absolute Gasteiger partial charge is 0.323 e. The highest BCUT2D eigenvalue weighted by Crippen LogP contribution is 2.16. The Morgan fingerprint density at radius 2 is 1.71 bits per heavy atom. The third-order valence-electron chi connectivity index (χ3n) is 3.95. The van der Waals surface area contributed by atoms with Crippen LogP contribution in [0.25, 0.3) is 11.0 Å². The van der Waals surface area contributed by atoms with E-state index in [1.54, 1.807) is 19.1 Å². The first-order valence-corrected chi connectivity index (χ1v) is 7.87. The summed E-state index contributed by atoms with van der Waals surface area (Å²) in [5.74, 6) is -0.0889. The minimum absolute atomic E-state index is 0.0635. The number of fused-ring (bicyclic) bond motifs is 1. The summed E-state index contributed by atoms with van der Waals surface area (Å²) in [6.45, 7) is 3.76. The molecule has 24 heavy (non-hydrogen) atoms. The summed E-state index contributed by atoms with van der Waals surface area (Å²) in [5, 5.41) is 6.14. The maximum atomic E-state index is 12.4. The van der Waals surface area contributed by atoms with Crippen LogP contribution in [0, 0.1) is 0 Å². The Morgan fingerprint density at radius 1 is 1.00 bits per heavy atom. The highest BCUT2D eigenvalue weighted by molar-refractivity contribution is 5.86. The minimum atomic E-state index is -0.403. The van der Waals surface area contributed by atoms with Crippen molar-refractivity contribution in [2.45, 2.75) is 25.9 Å². The first kappa shape index (κ1) is 15.9. The van der Waals surface area contributed by atoms with Crippen LogP contribution in [-0.4, -0.2) is 21.9 Å². The van der Waals surface area contributed by atoms with Crippen LogP contribution in [0.4, 0.5) is 5.69 Å². The van der Waals surface area contributed by atoms with E-state index in [9.17, 15) is 9.59 Å². The molecule has 2 unspecified atom stereocenters. The van der Waals surface area contributed by atoms with Crippen molar-refractivity contribution in [1.29, 1.82) is 0 Å². The lowest BCUT2D eigenvalue weighted by molar-refractivity contribution is -0.122. The average Bonchev–Trinajstić information content (AvgIpc) is 2.94. The number of nitrogens with one attached hydrogen (secondary N) is 4. The number of benzene rings is 2. The number of aromatic amines is 2. The fourth-order valence-electron chi connectivity index (χ4n) is 2.60. The fraction of sp³-hybridized carbons (Fsp3) is 0.222. The van der Waals surface area contributed by atoms with Crippen LogP contribution < -0.4 is 16.3 Å². The van der Waals surface area contributed by atoms with Gasteiger partial charge in [0.2, 0.25) is 5.91 Å². The normalized spacial score (nSPS) is 13.4. The second-order valence-corrected chi connectivity index (χ2v) is 5.85. The van der Waals surface area contributed by atoms with Gasteiger partial charge in [0, 0.05) is 5.69 Å². The molecule has 3 aromatic rings. The quantitative estimate of drug-likeness (QED) is 0.581. The number of carbonyl (C=O) groups is 1. The van der Waals surface area contributed by atoms with Crippen molar-refractivity contribution >= 4 is 22.6 Å². The molecule has 0 fully saturated rings. The number of imidazole rings is 1.